The molecule has 0 unspecified atom stereocenters. The van der Waals surface area contributed by atoms with Gasteiger partial charge in [-0.3, -0.25) is 4.79 Å². The zero-order chi connectivity index (χ0) is 14.6. The Kier molecular flexibility index (Phi) is 4.80. The molecular weight excluding hydrogens is 257 g/mol. The van der Waals surface area contributed by atoms with Crippen molar-refractivity contribution >= 4 is 11.6 Å². The van der Waals surface area contributed by atoms with Gasteiger partial charge < -0.3 is 10.2 Å². The van der Waals surface area contributed by atoms with Crippen LogP contribution in [0.2, 0.25) is 0 Å². The van der Waals surface area contributed by atoms with E-state index in [1.54, 1.807) is 0 Å². The van der Waals surface area contributed by atoms with Crippen molar-refractivity contribution in [3.05, 3.63) is 29.3 Å². The molecular formula is C13H17F3N2O. The van der Waals surface area contributed by atoms with Crippen molar-refractivity contribution in [2.75, 3.05) is 26.0 Å². The summed E-state index contributed by atoms with van der Waals surface area (Å²) in [4.78, 5) is 13.2. The third-order valence-corrected chi connectivity index (χ3v) is 2.55. The van der Waals surface area contributed by atoms with Crippen molar-refractivity contribution < 1.29 is 18.0 Å². The molecule has 0 saturated heterocycles. The van der Waals surface area contributed by atoms with Gasteiger partial charge in [-0.15, -0.1) is 0 Å². The minimum Gasteiger partial charge on any atom is -0.384 e. The summed E-state index contributed by atoms with van der Waals surface area (Å²) >= 11 is 0. The van der Waals surface area contributed by atoms with Gasteiger partial charge in [-0.05, 0) is 24.6 Å². The molecule has 0 aromatic heterocycles. The van der Waals surface area contributed by atoms with Crippen LogP contribution in [0, 0.1) is 0 Å². The Morgan fingerprint density at radius 2 is 1.95 bits per heavy atom. The molecule has 19 heavy (non-hydrogen) atoms. The van der Waals surface area contributed by atoms with E-state index in [1.807, 2.05) is 6.92 Å². The van der Waals surface area contributed by atoms with E-state index in [9.17, 15) is 18.0 Å². The van der Waals surface area contributed by atoms with Crippen molar-refractivity contribution in [1.82, 2.24) is 4.90 Å². The van der Waals surface area contributed by atoms with E-state index >= 15 is 0 Å². The number of hydrogen-bond donors (Lipinski definition) is 1. The molecule has 0 spiro atoms. The largest absolute Gasteiger partial charge is 0.416 e. The number of alkyl halides is 3. The second-order valence-corrected chi connectivity index (χ2v) is 4.38. The summed E-state index contributed by atoms with van der Waals surface area (Å²) in [5.74, 6) is -0.454. The Balaban J connectivity index is 3.22. The number of nitrogens with zero attached hydrogens (tertiary/aromatic N) is 1. The van der Waals surface area contributed by atoms with Crippen LogP contribution in [0.25, 0.3) is 0 Å². The smallest absolute Gasteiger partial charge is 0.384 e. The molecule has 106 valence electrons. The van der Waals surface area contributed by atoms with Gasteiger partial charge in [0, 0.05) is 26.3 Å². The predicted octanol–water partition coefficient (Wildman–Crippen LogP) is 3.23. The number of benzene rings is 1. The molecule has 1 amide bonds. The van der Waals surface area contributed by atoms with Crippen LogP contribution < -0.4 is 5.32 Å². The van der Waals surface area contributed by atoms with E-state index in [0.29, 0.717) is 12.2 Å². The lowest BCUT2D eigenvalue weighted by molar-refractivity contribution is -0.137. The average molecular weight is 274 g/mol. The monoisotopic (exact) mass is 274 g/mol. The molecule has 0 aliphatic rings. The number of nitrogens with one attached hydrogen (secondary N) is 1. The molecule has 3 nitrogen and oxygen atoms in total. The molecule has 0 fully saturated rings. The number of amides is 1. The highest BCUT2D eigenvalue weighted by Gasteiger charge is 2.32. The third-order valence-electron chi connectivity index (χ3n) is 2.55. The fourth-order valence-electron chi connectivity index (χ4n) is 1.55. The minimum absolute atomic E-state index is 0.0354. The third kappa shape index (κ3) is 3.87. The van der Waals surface area contributed by atoms with Crippen molar-refractivity contribution in [3.63, 3.8) is 0 Å². The summed E-state index contributed by atoms with van der Waals surface area (Å²) in [6.45, 7) is 2.53. The summed E-state index contributed by atoms with van der Waals surface area (Å²) in [5, 5.41) is 2.96. The first kappa shape index (κ1) is 15.3. The highest BCUT2D eigenvalue weighted by molar-refractivity contribution is 5.99. The lowest BCUT2D eigenvalue weighted by atomic mass is 10.1. The Hall–Kier alpha value is -1.72. The van der Waals surface area contributed by atoms with E-state index in [2.05, 4.69) is 5.32 Å². The summed E-state index contributed by atoms with van der Waals surface area (Å²) in [6.07, 6.45) is -3.64. The molecule has 1 rings (SSSR count). The van der Waals surface area contributed by atoms with Crippen molar-refractivity contribution in [2.24, 2.45) is 0 Å². The molecule has 0 heterocycles. The molecule has 0 saturated carbocycles. The van der Waals surface area contributed by atoms with Crippen molar-refractivity contribution in [2.45, 2.75) is 19.5 Å². The van der Waals surface area contributed by atoms with E-state index < -0.39 is 17.6 Å². The lowest BCUT2D eigenvalue weighted by Crippen LogP contribution is -2.24. The molecule has 6 heteroatoms. The Bertz CT molecular complexity index is 456. The first-order valence-electron chi connectivity index (χ1n) is 5.94. The Morgan fingerprint density at radius 1 is 1.32 bits per heavy atom. The molecule has 0 radical (unpaired) electrons. The molecule has 1 aromatic rings. The maximum atomic E-state index is 12.7. The van der Waals surface area contributed by atoms with Gasteiger partial charge in [0.15, 0.2) is 0 Å². The molecule has 0 bridgehead atoms. The number of halogens is 3. The van der Waals surface area contributed by atoms with Crippen LogP contribution in [0.4, 0.5) is 18.9 Å². The van der Waals surface area contributed by atoms with Gasteiger partial charge in [0.2, 0.25) is 0 Å². The quantitative estimate of drug-likeness (QED) is 0.914. The fraction of sp³-hybridized carbons (Fsp3) is 0.462. The van der Waals surface area contributed by atoms with E-state index in [0.717, 1.165) is 18.6 Å². The lowest BCUT2D eigenvalue weighted by Gasteiger charge is -2.17. The molecule has 1 aromatic carbocycles. The van der Waals surface area contributed by atoms with Crippen molar-refractivity contribution in [3.8, 4) is 0 Å². The van der Waals surface area contributed by atoms with Crippen LogP contribution in [0.3, 0.4) is 0 Å². The summed E-state index contributed by atoms with van der Waals surface area (Å²) < 4.78 is 38.0. The highest BCUT2D eigenvalue weighted by Crippen LogP contribution is 2.32. The normalized spacial score (nSPS) is 11.3. The van der Waals surface area contributed by atoms with Gasteiger partial charge in [-0.2, -0.15) is 13.2 Å². The molecule has 0 atom stereocenters. The maximum Gasteiger partial charge on any atom is 0.416 e. The highest BCUT2D eigenvalue weighted by atomic mass is 19.4. The molecule has 0 aliphatic carbocycles. The van der Waals surface area contributed by atoms with Gasteiger partial charge in [-0.1, -0.05) is 6.92 Å². The predicted molar refractivity (Wildman–Crippen MR) is 68.2 cm³/mol. The average Bonchev–Trinajstić information content (AvgIpc) is 2.33. The van der Waals surface area contributed by atoms with Crippen LogP contribution in [-0.4, -0.2) is 31.4 Å². The summed E-state index contributed by atoms with van der Waals surface area (Å²) in [7, 11) is 3.01. The fourth-order valence-corrected chi connectivity index (χ4v) is 1.55. The van der Waals surface area contributed by atoms with E-state index in [-0.39, 0.29) is 5.56 Å². The standard InChI is InChI=1S/C13H17F3N2O/c1-4-7-17-11-6-5-9(13(14,15)16)8-10(11)12(19)18(2)3/h5-6,8,17H,4,7H2,1-3H3. The maximum absolute atomic E-state index is 12.7. The van der Waals surface area contributed by atoms with Crippen LogP contribution >= 0.6 is 0 Å². The number of carbonyl (C=O) groups is 1. The number of hydrogen-bond acceptors (Lipinski definition) is 2. The van der Waals surface area contributed by atoms with E-state index in [4.69, 9.17) is 0 Å². The van der Waals surface area contributed by atoms with E-state index in [1.165, 1.54) is 25.1 Å². The van der Waals surface area contributed by atoms with Crippen molar-refractivity contribution in [1.29, 1.82) is 0 Å². The van der Waals surface area contributed by atoms with Crippen LogP contribution in [0.5, 0.6) is 0 Å². The molecule has 0 aliphatic heterocycles. The van der Waals surface area contributed by atoms with Crippen LogP contribution in [0.15, 0.2) is 18.2 Å². The second-order valence-electron chi connectivity index (χ2n) is 4.38. The van der Waals surface area contributed by atoms with Gasteiger partial charge >= 0.3 is 6.18 Å². The Labute approximate surface area is 110 Å². The van der Waals surface area contributed by atoms with Gasteiger partial charge in [-0.25, -0.2) is 0 Å². The van der Waals surface area contributed by atoms with Gasteiger partial charge in [0.05, 0.1) is 11.1 Å². The van der Waals surface area contributed by atoms with Gasteiger partial charge in [0.25, 0.3) is 5.91 Å². The number of anilines is 1. The summed E-state index contributed by atoms with van der Waals surface area (Å²) in [5.41, 5.74) is -0.360. The summed E-state index contributed by atoms with van der Waals surface area (Å²) in [6, 6.07) is 3.17. The zero-order valence-electron chi connectivity index (χ0n) is 11.1. The molecule has 1 N–H and O–H groups in total. The topological polar surface area (TPSA) is 32.3 Å². The van der Waals surface area contributed by atoms with Crippen LogP contribution in [0.1, 0.15) is 29.3 Å². The first-order chi connectivity index (χ1) is 8.77. The number of carbonyl (C=O) groups excluding carboxylic acids is 1. The van der Waals surface area contributed by atoms with Gasteiger partial charge in [0.1, 0.15) is 0 Å². The zero-order valence-corrected chi connectivity index (χ0v) is 11.1. The Morgan fingerprint density at radius 3 is 2.42 bits per heavy atom. The first-order valence-corrected chi connectivity index (χ1v) is 5.94. The number of rotatable bonds is 4. The minimum atomic E-state index is -4.45. The SMILES string of the molecule is CCCNc1ccc(C(F)(F)F)cc1C(=O)N(C)C. The second kappa shape index (κ2) is 5.95. The van der Waals surface area contributed by atoms with Crippen LogP contribution in [-0.2, 0) is 6.18 Å².